The number of nitrogens with one attached hydrogen (secondary N) is 1. The molecular weight excluding hydrogens is 324 g/mol. The van der Waals surface area contributed by atoms with Gasteiger partial charge in [-0.15, -0.1) is 0 Å². The van der Waals surface area contributed by atoms with Crippen LogP contribution < -0.4 is 15.8 Å². The van der Waals surface area contributed by atoms with Gasteiger partial charge in [0.05, 0.1) is 19.7 Å². The molecule has 0 bridgehead atoms. The summed E-state index contributed by atoms with van der Waals surface area (Å²) in [5, 5.41) is 3.46. The summed E-state index contributed by atoms with van der Waals surface area (Å²) in [6.45, 7) is 2.99. The standard InChI is InChI=1S/C21H34N4O/c1-26-19-12-10-17(11-13-19)20(25-14-6-7-15-25)16-23-21(22)24-18-8-4-2-3-5-9-18/h10-13,18,20H,2-9,14-16H2,1H3,(H3,22,23,24). The molecule has 1 saturated carbocycles. The van der Waals surface area contributed by atoms with E-state index in [9.17, 15) is 0 Å². The average molecular weight is 359 g/mol. The van der Waals surface area contributed by atoms with Crippen LogP contribution in [0.4, 0.5) is 0 Å². The highest BCUT2D eigenvalue weighted by atomic mass is 16.5. The molecule has 26 heavy (non-hydrogen) atoms. The third-order valence-electron chi connectivity index (χ3n) is 5.72. The molecule has 144 valence electrons. The fourth-order valence-electron chi connectivity index (χ4n) is 4.17. The zero-order valence-corrected chi connectivity index (χ0v) is 16.1. The maximum atomic E-state index is 6.23. The lowest BCUT2D eigenvalue weighted by Gasteiger charge is -2.27. The molecule has 3 N–H and O–H groups in total. The second-order valence-corrected chi connectivity index (χ2v) is 7.59. The second-order valence-electron chi connectivity index (χ2n) is 7.59. The molecule has 1 aromatic carbocycles. The zero-order chi connectivity index (χ0) is 18.2. The molecule has 2 fully saturated rings. The summed E-state index contributed by atoms with van der Waals surface area (Å²) in [6, 6.07) is 9.17. The van der Waals surface area contributed by atoms with Crippen LogP contribution in [-0.2, 0) is 0 Å². The van der Waals surface area contributed by atoms with Gasteiger partial charge < -0.3 is 15.8 Å². The van der Waals surface area contributed by atoms with Crippen molar-refractivity contribution in [2.45, 2.75) is 63.5 Å². The minimum absolute atomic E-state index is 0.290. The van der Waals surface area contributed by atoms with Gasteiger partial charge in [0.15, 0.2) is 5.96 Å². The first kappa shape index (κ1) is 19.0. The van der Waals surface area contributed by atoms with Crippen LogP contribution in [0.3, 0.4) is 0 Å². The number of aliphatic imine (C=N–C) groups is 1. The van der Waals surface area contributed by atoms with Crippen LogP contribution in [0, 0.1) is 0 Å². The van der Waals surface area contributed by atoms with E-state index in [1.165, 1.54) is 56.9 Å². The number of guanidine groups is 1. The third kappa shape index (κ3) is 5.37. The van der Waals surface area contributed by atoms with Crippen LogP contribution in [0.1, 0.15) is 63.0 Å². The summed E-state index contributed by atoms with van der Waals surface area (Å²) in [6.07, 6.45) is 10.3. The average Bonchev–Trinajstić information content (AvgIpc) is 3.07. The van der Waals surface area contributed by atoms with Gasteiger partial charge in [-0.2, -0.15) is 0 Å². The Hall–Kier alpha value is -1.75. The van der Waals surface area contributed by atoms with Gasteiger partial charge in [-0.25, -0.2) is 0 Å². The first-order chi connectivity index (χ1) is 12.8. The molecule has 2 aliphatic rings. The van der Waals surface area contributed by atoms with Crippen molar-refractivity contribution in [3.63, 3.8) is 0 Å². The second kappa shape index (κ2) is 9.81. The minimum Gasteiger partial charge on any atom is -0.497 e. The van der Waals surface area contributed by atoms with Crippen LogP contribution in [0.5, 0.6) is 5.75 Å². The summed E-state index contributed by atoms with van der Waals surface area (Å²) in [5.74, 6) is 1.50. The molecule has 1 unspecified atom stereocenters. The highest BCUT2D eigenvalue weighted by molar-refractivity contribution is 5.78. The van der Waals surface area contributed by atoms with Crippen LogP contribution in [-0.4, -0.2) is 43.6 Å². The maximum absolute atomic E-state index is 6.23. The Labute approximate surface area is 158 Å². The van der Waals surface area contributed by atoms with E-state index in [0.29, 0.717) is 18.5 Å². The monoisotopic (exact) mass is 358 g/mol. The maximum Gasteiger partial charge on any atom is 0.188 e. The number of hydrogen-bond acceptors (Lipinski definition) is 3. The number of likely N-dealkylation sites (tertiary alicyclic amines) is 1. The molecule has 5 nitrogen and oxygen atoms in total. The van der Waals surface area contributed by atoms with Crippen molar-refractivity contribution in [3.05, 3.63) is 29.8 Å². The van der Waals surface area contributed by atoms with E-state index < -0.39 is 0 Å². The number of rotatable bonds is 6. The van der Waals surface area contributed by atoms with Crippen molar-refractivity contribution in [1.29, 1.82) is 0 Å². The highest BCUT2D eigenvalue weighted by Crippen LogP contribution is 2.27. The van der Waals surface area contributed by atoms with E-state index in [1.807, 2.05) is 12.1 Å². The van der Waals surface area contributed by atoms with E-state index in [0.717, 1.165) is 18.8 Å². The van der Waals surface area contributed by atoms with Gasteiger partial charge in [0.1, 0.15) is 5.75 Å². The summed E-state index contributed by atoms with van der Waals surface area (Å²) in [7, 11) is 1.71. The van der Waals surface area contributed by atoms with Gasteiger partial charge in [0.2, 0.25) is 0 Å². The van der Waals surface area contributed by atoms with Crippen molar-refractivity contribution in [2.75, 3.05) is 26.7 Å². The molecule has 1 aromatic rings. The van der Waals surface area contributed by atoms with E-state index in [-0.39, 0.29) is 6.04 Å². The summed E-state index contributed by atoms with van der Waals surface area (Å²) in [5.41, 5.74) is 7.52. The zero-order valence-electron chi connectivity index (χ0n) is 16.1. The fourth-order valence-corrected chi connectivity index (χ4v) is 4.17. The number of nitrogens with zero attached hydrogens (tertiary/aromatic N) is 2. The topological polar surface area (TPSA) is 62.9 Å². The van der Waals surface area contributed by atoms with Crippen molar-refractivity contribution in [3.8, 4) is 5.75 Å². The molecule has 0 amide bonds. The number of nitrogens with two attached hydrogens (primary N) is 1. The number of ether oxygens (including phenoxy) is 1. The first-order valence-electron chi connectivity index (χ1n) is 10.2. The molecule has 1 aliphatic carbocycles. The third-order valence-corrected chi connectivity index (χ3v) is 5.72. The predicted molar refractivity (Wildman–Crippen MR) is 108 cm³/mol. The molecule has 1 atom stereocenters. The summed E-state index contributed by atoms with van der Waals surface area (Å²) in [4.78, 5) is 7.26. The number of methoxy groups -OCH3 is 1. The molecule has 1 saturated heterocycles. The van der Waals surface area contributed by atoms with E-state index in [4.69, 9.17) is 15.5 Å². The van der Waals surface area contributed by atoms with Crippen LogP contribution in [0.2, 0.25) is 0 Å². The van der Waals surface area contributed by atoms with Crippen LogP contribution in [0.25, 0.3) is 0 Å². The predicted octanol–water partition coefficient (Wildman–Crippen LogP) is 3.46. The molecule has 0 radical (unpaired) electrons. The fraction of sp³-hybridized carbons (Fsp3) is 0.667. The summed E-state index contributed by atoms with van der Waals surface area (Å²) >= 11 is 0. The Morgan fingerprint density at radius 1 is 1.12 bits per heavy atom. The van der Waals surface area contributed by atoms with E-state index in [2.05, 4.69) is 22.3 Å². The molecule has 0 aromatic heterocycles. The van der Waals surface area contributed by atoms with Gasteiger partial charge >= 0.3 is 0 Å². The van der Waals surface area contributed by atoms with E-state index >= 15 is 0 Å². The Bertz CT molecular complexity index is 558. The quantitative estimate of drug-likeness (QED) is 0.464. The lowest BCUT2D eigenvalue weighted by atomic mass is 10.1. The lowest BCUT2D eigenvalue weighted by molar-refractivity contribution is 0.251. The van der Waals surface area contributed by atoms with Gasteiger partial charge in [-0.05, 0) is 56.5 Å². The van der Waals surface area contributed by atoms with Crippen LogP contribution in [0.15, 0.2) is 29.3 Å². The first-order valence-corrected chi connectivity index (χ1v) is 10.2. The number of hydrogen-bond donors (Lipinski definition) is 2. The van der Waals surface area contributed by atoms with Crippen molar-refractivity contribution in [1.82, 2.24) is 10.2 Å². The molecule has 5 heteroatoms. The van der Waals surface area contributed by atoms with E-state index in [1.54, 1.807) is 7.11 Å². The minimum atomic E-state index is 0.290. The molecular formula is C21H34N4O. The molecule has 1 heterocycles. The SMILES string of the molecule is COc1ccc(C(CN=C(N)NC2CCCCCC2)N2CCCC2)cc1. The Morgan fingerprint density at radius 2 is 1.77 bits per heavy atom. The molecule has 0 spiro atoms. The van der Waals surface area contributed by atoms with Gasteiger partial charge in [-0.3, -0.25) is 9.89 Å². The number of benzene rings is 1. The molecule has 3 rings (SSSR count). The van der Waals surface area contributed by atoms with Crippen molar-refractivity contribution >= 4 is 5.96 Å². The van der Waals surface area contributed by atoms with Gasteiger partial charge in [0, 0.05) is 6.04 Å². The lowest BCUT2D eigenvalue weighted by Crippen LogP contribution is -2.40. The smallest absolute Gasteiger partial charge is 0.188 e. The Balaban J connectivity index is 1.64. The van der Waals surface area contributed by atoms with Gasteiger partial charge in [0.25, 0.3) is 0 Å². The Morgan fingerprint density at radius 3 is 2.38 bits per heavy atom. The van der Waals surface area contributed by atoms with Crippen LogP contribution >= 0.6 is 0 Å². The van der Waals surface area contributed by atoms with Crippen molar-refractivity contribution in [2.24, 2.45) is 10.7 Å². The molecule has 1 aliphatic heterocycles. The van der Waals surface area contributed by atoms with Crippen molar-refractivity contribution < 1.29 is 4.74 Å². The normalized spacial score (nSPS) is 21.3. The van der Waals surface area contributed by atoms with Gasteiger partial charge in [-0.1, -0.05) is 37.8 Å². The Kier molecular flexibility index (Phi) is 7.18. The highest BCUT2D eigenvalue weighted by Gasteiger charge is 2.23. The largest absolute Gasteiger partial charge is 0.497 e. The summed E-state index contributed by atoms with van der Waals surface area (Å²) < 4.78 is 5.30.